The van der Waals surface area contributed by atoms with Gasteiger partial charge in [0, 0.05) is 83.8 Å². The van der Waals surface area contributed by atoms with Crippen molar-refractivity contribution in [2.24, 2.45) is 4.99 Å². The van der Waals surface area contributed by atoms with Gasteiger partial charge in [0.1, 0.15) is 28.9 Å². The third kappa shape index (κ3) is 13.9. The predicted molar refractivity (Wildman–Crippen MR) is 375 cm³/mol. The highest BCUT2D eigenvalue weighted by molar-refractivity contribution is 6.08. The molecule has 0 saturated heterocycles. The molecule has 1 aliphatic heterocycles. The summed E-state index contributed by atoms with van der Waals surface area (Å²) in [6, 6.07) is 63.0. The number of aromatic amines is 3. The summed E-state index contributed by atoms with van der Waals surface area (Å²) in [5, 5.41) is 17.8. The molecule has 472 valence electrons. The first-order valence-corrected chi connectivity index (χ1v) is 31.8. The number of benzene rings is 9. The molecule has 19 heteroatoms. The monoisotopic (exact) mass is 1260 g/mol. The smallest absolute Gasteiger partial charge is 0.255 e. The Kier molecular flexibility index (Phi) is 17.2. The van der Waals surface area contributed by atoms with Crippen LogP contribution >= 0.6 is 0 Å². The van der Waals surface area contributed by atoms with Crippen LogP contribution in [0.5, 0.6) is 5.75 Å². The highest BCUT2D eigenvalue weighted by Gasteiger charge is 2.20. The Morgan fingerprint density at radius 3 is 1.55 bits per heavy atom. The predicted octanol–water partition coefficient (Wildman–Crippen LogP) is 13.3. The van der Waals surface area contributed by atoms with E-state index in [1.54, 1.807) is 16.8 Å². The second-order valence-corrected chi connectivity index (χ2v) is 24.4. The zero-order chi connectivity index (χ0) is 64.9. The molecule has 3 amide bonds. The number of hydrogen-bond acceptors (Lipinski definition) is 12. The molecule has 9 aromatic carbocycles. The van der Waals surface area contributed by atoms with Gasteiger partial charge in [-0.3, -0.25) is 24.1 Å². The normalized spacial score (nSPS) is 12.0. The lowest BCUT2D eigenvalue weighted by Crippen LogP contribution is -2.31. The van der Waals surface area contributed by atoms with Crippen LogP contribution in [0.4, 0.5) is 11.4 Å². The molecule has 4 aromatic heterocycles. The molecule has 5 heterocycles. The molecule has 14 rings (SSSR count). The summed E-state index contributed by atoms with van der Waals surface area (Å²) in [6.07, 6.45) is 4.18. The zero-order valence-corrected chi connectivity index (χ0v) is 53.1. The van der Waals surface area contributed by atoms with E-state index in [-0.39, 0.29) is 17.7 Å². The number of rotatable bonds is 23. The van der Waals surface area contributed by atoms with E-state index in [1.807, 2.05) is 147 Å². The van der Waals surface area contributed by atoms with E-state index in [0.29, 0.717) is 73.0 Å². The largest absolute Gasteiger partial charge is 0.494 e. The summed E-state index contributed by atoms with van der Waals surface area (Å²) >= 11 is 0. The molecule has 0 spiro atoms. The summed E-state index contributed by atoms with van der Waals surface area (Å²) in [5.41, 5.74) is 19.9. The van der Waals surface area contributed by atoms with Crippen molar-refractivity contribution in [2.45, 2.75) is 25.8 Å². The first-order valence-electron chi connectivity index (χ1n) is 31.8. The van der Waals surface area contributed by atoms with Crippen molar-refractivity contribution in [3.8, 4) is 73.4 Å². The quantitative estimate of drug-likeness (QED) is 0.0330. The van der Waals surface area contributed by atoms with Gasteiger partial charge in [0.25, 0.3) is 17.7 Å². The molecular weight excluding hydrogens is 1190 g/mol. The molecule has 1 aliphatic rings. The van der Waals surface area contributed by atoms with E-state index < -0.39 is 0 Å². The topological polar surface area (TPSA) is 232 Å². The molecule has 0 bridgehead atoms. The molecule has 19 nitrogen and oxygen atoms in total. The van der Waals surface area contributed by atoms with Crippen LogP contribution < -0.4 is 20.7 Å². The molecule has 0 saturated carbocycles. The lowest BCUT2D eigenvalue weighted by molar-refractivity contribution is 0.0943. The van der Waals surface area contributed by atoms with E-state index >= 15 is 0 Å². The third-order valence-electron chi connectivity index (χ3n) is 16.9. The minimum atomic E-state index is -0.255. The fourth-order valence-corrected chi connectivity index (χ4v) is 11.7. The summed E-state index contributed by atoms with van der Waals surface area (Å²) in [6.45, 7) is 4.00. The van der Waals surface area contributed by atoms with Crippen molar-refractivity contribution in [2.75, 3.05) is 66.3 Å². The van der Waals surface area contributed by atoms with Crippen molar-refractivity contribution < 1.29 is 19.1 Å². The number of aryl methyl sites for hydroxylation is 1. The number of aliphatic imine (C=N–C) groups is 1. The van der Waals surface area contributed by atoms with Gasteiger partial charge in [0.2, 0.25) is 0 Å². The number of amides is 3. The number of nitrogens with zero attached hydrogens (tertiary/aromatic N) is 9. The zero-order valence-electron chi connectivity index (χ0n) is 53.1. The Morgan fingerprint density at radius 1 is 0.495 bits per heavy atom. The van der Waals surface area contributed by atoms with Gasteiger partial charge < -0.3 is 45.4 Å². The van der Waals surface area contributed by atoms with Crippen LogP contribution in [0.2, 0.25) is 0 Å². The van der Waals surface area contributed by atoms with Crippen molar-refractivity contribution in [3.05, 3.63) is 228 Å². The SMILES string of the molecule is CN(C)CCCOc1ccc(-c2nc3cc(-c4ccc5c(c4)N=C(c4ccc(C(=O)NCCCn6cc(-c7cccc(NC(=O)c8ccc(-c9nc%10cc(-c%11ccc%12[nH]c(-c%13ccc(C(=O)NCCN(C)C)cc%13)nc%12c%11)ccc%10[nH]9)cc8)c7)nn6)cc4)C5)ccc3[nH]2)cc1. The van der Waals surface area contributed by atoms with Crippen LogP contribution in [0.3, 0.4) is 0 Å². The average Bonchev–Trinajstić information content (AvgIpc) is 1.69. The Labute approximate surface area is 548 Å². The van der Waals surface area contributed by atoms with Gasteiger partial charge in [-0.05, 0) is 190 Å². The molecule has 0 aliphatic carbocycles. The fourth-order valence-electron chi connectivity index (χ4n) is 11.7. The number of ether oxygens (including phenoxy) is 1. The second-order valence-electron chi connectivity index (χ2n) is 24.4. The number of carbonyl (C=O) groups is 3. The van der Waals surface area contributed by atoms with E-state index in [0.717, 1.165) is 137 Å². The molecule has 0 atom stereocenters. The first kappa shape index (κ1) is 60.9. The van der Waals surface area contributed by atoms with Crippen LogP contribution in [0, 0.1) is 0 Å². The number of imidazole rings is 3. The number of H-pyrrole nitrogens is 3. The van der Waals surface area contributed by atoms with Crippen LogP contribution in [-0.4, -0.2) is 139 Å². The van der Waals surface area contributed by atoms with E-state index in [9.17, 15) is 14.4 Å². The van der Waals surface area contributed by atoms with Crippen LogP contribution in [-0.2, 0) is 13.0 Å². The van der Waals surface area contributed by atoms with Crippen LogP contribution in [0.1, 0.15) is 55.0 Å². The van der Waals surface area contributed by atoms with Gasteiger partial charge in [-0.1, -0.05) is 84.1 Å². The summed E-state index contributed by atoms with van der Waals surface area (Å²) in [7, 11) is 8.08. The van der Waals surface area contributed by atoms with E-state index in [2.05, 4.69) is 121 Å². The number of hydrogen-bond donors (Lipinski definition) is 6. The van der Waals surface area contributed by atoms with E-state index in [1.165, 1.54) is 0 Å². The van der Waals surface area contributed by atoms with Gasteiger partial charge in [0.05, 0.1) is 57.3 Å². The highest BCUT2D eigenvalue weighted by atomic mass is 16.5. The Morgan fingerprint density at radius 2 is 0.989 bits per heavy atom. The van der Waals surface area contributed by atoms with E-state index in [4.69, 9.17) is 24.7 Å². The Hall–Kier alpha value is -11.7. The van der Waals surface area contributed by atoms with Gasteiger partial charge in [0.15, 0.2) is 0 Å². The standard InChI is InChI=1S/C76H69N15O4/c1-89(2)36-7-39-95-61-29-24-50(25-30-61)73-83-64-31-26-55(42-67(64)86-73)54-22-23-59-45-65(80-66(59)41-54)47-10-16-51(17-11-47)74(92)77-34-6-37-91-46-70(87-88-91)58-8-5-9-60(40-58)79-76(94)53-20-14-49(15-21-53)72-82-63-33-28-57(44-69(63)85-72)56-27-32-62-68(43-56)84-71(81-62)48-12-18-52(19-13-48)75(93)78-35-38-90(3)4/h5,8-33,40-44,46H,6-7,34-39,45H2,1-4H3,(H,77,92)(H,78,93)(H,79,94)(H,81,84)(H,82,85)(H,83,86). The van der Waals surface area contributed by atoms with Gasteiger partial charge in [-0.25, -0.2) is 15.0 Å². The number of anilines is 1. The van der Waals surface area contributed by atoms with Gasteiger partial charge in [-0.15, -0.1) is 5.10 Å². The molecule has 0 radical (unpaired) electrons. The minimum absolute atomic E-state index is 0.103. The number of nitrogens with one attached hydrogen (secondary N) is 6. The summed E-state index contributed by atoms with van der Waals surface area (Å²) in [4.78, 5) is 73.8. The Balaban J connectivity index is 0.535. The number of aromatic nitrogens is 9. The number of carbonyl (C=O) groups excluding carboxylic acids is 3. The molecule has 13 aromatic rings. The molecule has 95 heavy (non-hydrogen) atoms. The number of fused-ring (bicyclic) bond motifs is 4. The number of likely N-dealkylation sites (N-methyl/N-ethyl adjacent to an activating group) is 1. The maximum Gasteiger partial charge on any atom is 0.255 e. The molecule has 0 unspecified atom stereocenters. The molecular formula is C76H69N15O4. The van der Waals surface area contributed by atoms with Crippen LogP contribution in [0.15, 0.2) is 205 Å². The lowest BCUT2D eigenvalue weighted by Gasteiger charge is -2.10. The summed E-state index contributed by atoms with van der Waals surface area (Å²) in [5.74, 6) is 2.56. The molecule has 0 fully saturated rings. The third-order valence-corrected chi connectivity index (χ3v) is 16.9. The van der Waals surface area contributed by atoms with Crippen molar-refractivity contribution >= 4 is 67.9 Å². The first-order chi connectivity index (χ1) is 46.3. The molecule has 6 N–H and O–H groups in total. The minimum Gasteiger partial charge on any atom is -0.494 e. The van der Waals surface area contributed by atoms with Gasteiger partial charge >= 0.3 is 0 Å². The maximum atomic E-state index is 13.6. The van der Waals surface area contributed by atoms with Gasteiger partial charge in [-0.2, -0.15) is 0 Å². The fraction of sp³-hybridized carbons (Fsp3) is 0.171. The lowest BCUT2D eigenvalue weighted by atomic mass is 9.99. The summed E-state index contributed by atoms with van der Waals surface area (Å²) < 4.78 is 7.68. The van der Waals surface area contributed by atoms with Crippen molar-refractivity contribution in [1.82, 2.24) is 65.3 Å². The average molecular weight is 1260 g/mol. The second kappa shape index (κ2) is 26.9. The van der Waals surface area contributed by atoms with Crippen LogP contribution in [0.25, 0.3) is 101 Å². The van der Waals surface area contributed by atoms with Crippen molar-refractivity contribution in [1.29, 1.82) is 0 Å². The Bertz CT molecular complexity index is 5000. The highest BCUT2D eigenvalue weighted by Crippen LogP contribution is 2.36. The maximum absolute atomic E-state index is 13.6. The van der Waals surface area contributed by atoms with Crippen molar-refractivity contribution in [3.63, 3.8) is 0 Å².